The standard InChI is InChI=1S/C14H27NO6/c1-9(10(2)17)5-3-4-6-15-7-11(18)13(20)14(21)12(19)8-16/h7,9,11-14,16,18-21H,3-6,8H2,1-2H3/b15-7+/t9-,11?,12?,13?,14?/m0/s1. The predicted octanol–water partition coefficient (Wildman–Crippen LogP) is -1.11. The average molecular weight is 305 g/mol. The molecule has 21 heavy (non-hydrogen) atoms. The fourth-order valence-corrected chi connectivity index (χ4v) is 1.67. The largest absolute Gasteiger partial charge is 0.394 e. The quantitative estimate of drug-likeness (QED) is 0.243. The molecule has 0 spiro atoms. The summed E-state index contributed by atoms with van der Waals surface area (Å²) in [6, 6.07) is 0. The maximum atomic E-state index is 11.0. The summed E-state index contributed by atoms with van der Waals surface area (Å²) in [6.45, 7) is 3.16. The van der Waals surface area contributed by atoms with Gasteiger partial charge in [-0.2, -0.15) is 0 Å². The molecule has 124 valence electrons. The molecule has 5 N–H and O–H groups in total. The summed E-state index contributed by atoms with van der Waals surface area (Å²) in [5.41, 5.74) is 0. The number of aliphatic imine (C=N–C) groups is 1. The third-order valence-electron chi connectivity index (χ3n) is 3.41. The molecule has 0 fully saturated rings. The molecule has 0 aromatic carbocycles. The fraction of sp³-hybridized carbons (Fsp3) is 0.857. The molecule has 0 aromatic heterocycles. The van der Waals surface area contributed by atoms with Crippen LogP contribution in [0.3, 0.4) is 0 Å². The summed E-state index contributed by atoms with van der Waals surface area (Å²) in [6.07, 6.45) is -2.72. The van der Waals surface area contributed by atoms with Gasteiger partial charge in [0.05, 0.1) is 6.61 Å². The number of rotatable bonds is 11. The molecule has 0 aliphatic rings. The Morgan fingerprint density at radius 3 is 2.29 bits per heavy atom. The van der Waals surface area contributed by atoms with Crippen molar-refractivity contribution >= 4 is 12.0 Å². The van der Waals surface area contributed by atoms with Crippen molar-refractivity contribution in [2.45, 2.75) is 57.5 Å². The van der Waals surface area contributed by atoms with E-state index < -0.39 is 31.0 Å². The third-order valence-corrected chi connectivity index (χ3v) is 3.41. The number of carbonyl (C=O) groups excluding carboxylic acids is 1. The smallest absolute Gasteiger partial charge is 0.132 e. The molecule has 0 radical (unpaired) electrons. The van der Waals surface area contributed by atoms with Gasteiger partial charge in [0.2, 0.25) is 0 Å². The topological polar surface area (TPSA) is 131 Å². The van der Waals surface area contributed by atoms with Crippen LogP contribution in [-0.2, 0) is 4.79 Å². The lowest BCUT2D eigenvalue weighted by Gasteiger charge is -2.23. The Balaban J connectivity index is 3.94. The maximum Gasteiger partial charge on any atom is 0.132 e. The van der Waals surface area contributed by atoms with E-state index in [2.05, 4.69) is 4.99 Å². The first kappa shape index (κ1) is 20.1. The summed E-state index contributed by atoms with van der Waals surface area (Å²) in [5.74, 6) is 0.199. The Morgan fingerprint density at radius 2 is 1.76 bits per heavy atom. The lowest BCUT2D eigenvalue weighted by Crippen LogP contribution is -2.46. The fourth-order valence-electron chi connectivity index (χ4n) is 1.67. The van der Waals surface area contributed by atoms with Gasteiger partial charge < -0.3 is 25.5 Å². The highest BCUT2D eigenvalue weighted by Gasteiger charge is 2.28. The van der Waals surface area contributed by atoms with E-state index >= 15 is 0 Å². The first-order chi connectivity index (χ1) is 9.81. The summed E-state index contributed by atoms with van der Waals surface area (Å²) >= 11 is 0. The van der Waals surface area contributed by atoms with Crippen LogP contribution < -0.4 is 0 Å². The highest BCUT2D eigenvalue weighted by atomic mass is 16.4. The molecular formula is C14H27NO6. The molecular weight excluding hydrogens is 278 g/mol. The Kier molecular flexibility index (Phi) is 10.4. The van der Waals surface area contributed by atoms with E-state index in [1.54, 1.807) is 6.92 Å². The van der Waals surface area contributed by atoms with Crippen LogP contribution >= 0.6 is 0 Å². The molecule has 0 bridgehead atoms. The molecule has 0 heterocycles. The predicted molar refractivity (Wildman–Crippen MR) is 78.2 cm³/mol. The van der Waals surface area contributed by atoms with E-state index in [-0.39, 0.29) is 11.7 Å². The molecule has 5 atom stereocenters. The molecule has 0 aliphatic heterocycles. The van der Waals surface area contributed by atoms with Gasteiger partial charge in [-0.3, -0.25) is 9.79 Å². The van der Waals surface area contributed by atoms with E-state index in [0.29, 0.717) is 6.54 Å². The zero-order valence-corrected chi connectivity index (χ0v) is 12.6. The van der Waals surface area contributed by atoms with Crippen molar-refractivity contribution in [2.75, 3.05) is 13.2 Å². The summed E-state index contributed by atoms with van der Waals surface area (Å²) in [5, 5.41) is 46.2. The third kappa shape index (κ3) is 8.23. The number of carbonyl (C=O) groups is 1. The molecule has 7 nitrogen and oxygen atoms in total. The number of ketones is 1. The van der Waals surface area contributed by atoms with Crippen LogP contribution in [-0.4, -0.2) is 75.1 Å². The number of unbranched alkanes of at least 4 members (excludes halogenated alkanes) is 1. The number of hydrogen-bond acceptors (Lipinski definition) is 7. The number of aliphatic hydroxyl groups excluding tert-OH is 5. The van der Waals surface area contributed by atoms with Crippen molar-refractivity contribution in [3.63, 3.8) is 0 Å². The van der Waals surface area contributed by atoms with Gasteiger partial charge in [0, 0.05) is 18.7 Å². The Hall–Kier alpha value is -0.860. The van der Waals surface area contributed by atoms with Gasteiger partial charge in [-0.1, -0.05) is 13.3 Å². The molecule has 0 aromatic rings. The number of nitrogens with zero attached hydrogens (tertiary/aromatic N) is 1. The van der Waals surface area contributed by atoms with Gasteiger partial charge in [0.25, 0.3) is 0 Å². The molecule has 0 rings (SSSR count). The van der Waals surface area contributed by atoms with E-state index in [1.807, 2.05) is 6.92 Å². The van der Waals surface area contributed by atoms with Gasteiger partial charge in [0.1, 0.15) is 30.2 Å². The zero-order chi connectivity index (χ0) is 16.4. The molecule has 4 unspecified atom stereocenters. The van der Waals surface area contributed by atoms with E-state index in [4.69, 9.17) is 10.2 Å². The summed E-state index contributed by atoms with van der Waals surface area (Å²) < 4.78 is 0. The Bertz CT molecular complexity index is 323. The van der Waals surface area contributed by atoms with Crippen LogP contribution in [0.2, 0.25) is 0 Å². The van der Waals surface area contributed by atoms with Gasteiger partial charge in [-0.05, 0) is 19.8 Å². The number of Topliss-reactive ketones (excluding diaryl/α,β-unsaturated/α-hetero) is 1. The normalized spacial score (nSPS) is 19.2. The second-order valence-corrected chi connectivity index (χ2v) is 5.28. The van der Waals surface area contributed by atoms with Crippen LogP contribution in [0.1, 0.15) is 33.1 Å². The lowest BCUT2D eigenvalue weighted by atomic mass is 10.0. The zero-order valence-electron chi connectivity index (χ0n) is 12.6. The number of hydrogen-bond donors (Lipinski definition) is 5. The first-order valence-corrected chi connectivity index (χ1v) is 7.14. The molecule has 0 saturated carbocycles. The molecule has 0 amide bonds. The minimum absolute atomic E-state index is 0.0384. The van der Waals surface area contributed by atoms with Crippen LogP contribution in [0.25, 0.3) is 0 Å². The van der Waals surface area contributed by atoms with Gasteiger partial charge >= 0.3 is 0 Å². The number of aliphatic hydroxyl groups is 5. The van der Waals surface area contributed by atoms with Crippen molar-refractivity contribution in [3.8, 4) is 0 Å². The summed E-state index contributed by atoms with van der Waals surface area (Å²) in [4.78, 5) is 14.9. The van der Waals surface area contributed by atoms with Crippen LogP contribution in [0.15, 0.2) is 4.99 Å². The van der Waals surface area contributed by atoms with Crippen LogP contribution in [0, 0.1) is 5.92 Å². The van der Waals surface area contributed by atoms with Crippen molar-refractivity contribution in [1.29, 1.82) is 0 Å². The second kappa shape index (κ2) is 10.8. The SMILES string of the molecule is CC(=O)[C@@H](C)CCCC/N=C/C(O)C(O)C(O)C(O)CO. The van der Waals surface area contributed by atoms with Gasteiger partial charge in [-0.15, -0.1) is 0 Å². The monoisotopic (exact) mass is 305 g/mol. The van der Waals surface area contributed by atoms with E-state index in [9.17, 15) is 20.1 Å². The van der Waals surface area contributed by atoms with Crippen molar-refractivity contribution < 1.29 is 30.3 Å². The molecule has 7 heteroatoms. The average Bonchev–Trinajstić information content (AvgIpc) is 2.47. The Morgan fingerprint density at radius 1 is 1.14 bits per heavy atom. The highest BCUT2D eigenvalue weighted by Crippen LogP contribution is 2.08. The highest BCUT2D eigenvalue weighted by molar-refractivity contribution is 5.77. The van der Waals surface area contributed by atoms with Crippen molar-refractivity contribution in [1.82, 2.24) is 0 Å². The van der Waals surface area contributed by atoms with E-state index in [1.165, 1.54) is 0 Å². The van der Waals surface area contributed by atoms with Crippen LogP contribution in [0.5, 0.6) is 0 Å². The lowest BCUT2D eigenvalue weighted by molar-refractivity contribution is -0.120. The maximum absolute atomic E-state index is 11.0. The second-order valence-electron chi connectivity index (χ2n) is 5.28. The van der Waals surface area contributed by atoms with Gasteiger partial charge in [-0.25, -0.2) is 0 Å². The van der Waals surface area contributed by atoms with Crippen LogP contribution in [0.4, 0.5) is 0 Å². The first-order valence-electron chi connectivity index (χ1n) is 7.14. The van der Waals surface area contributed by atoms with Crippen molar-refractivity contribution in [2.24, 2.45) is 10.9 Å². The minimum Gasteiger partial charge on any atom is -0.394 e. The molecule has 0 saturated heterocycles. The van der Waals surface area contributed by atoms with Crippen molar-refractivity contribution in [3.05, 3.63) is 0 Å². The molecule has 0 aliphatic carbocycles. The van der Waals surface area contributed by atoms with Gasteiger partial charge in [0.15, 0.2) is 0 Å². The Labute approximate surface area is 125 Å². The minimum atomic E-state index is -1.65. The summed E-state index contributed by atoms with van der Waals surface area (Å²) in [7, 11) is 0. The van der Waals surface area contributed by atoms with E-state index in [0.717, 1.165) is 25.5 Å².